The Balaban J connectivity index is 3.96. The molecule has 0 amide bonds. The highest BCUT2D eigenvalue weighted by Crippen LogP contribution is 2.36. The van der Waals surface area contributed by atoms with Crippen molar-refractivity contribution in [3.8, 4) is 0 Å². The molecule has 0 saturated heterocycles. The number of rotatable bonds is 37. The van der Waals surface area contributed by atoms with E-state index in [2.05, 4.69) is 67.0 Å². The third kappa shape index (κ3) is 40.6. The number of hydrogen-bond donors (Lipinski definition) is 2. The molecule has 1 atom stereocenters. The van der Waals surface area contributed by atoms with Gasteiger partial charge in [0.25, 0.3) is 0 Å². The molecule has 0 aliphatic rings. The van der Waals surface area contributed by atoms with Gasteiger partial charge in [-0.05, 0) is 51.4 Å². The molecule has 8 nitrogen and oxygen atoms in total. The van der Waals surface area contributed by atoms with E-state index in [4.69, 9.17) is 19.3 Å². The lowest BCUT2D eigenvalue weighted by molar-refractivity contribution is -0.161. The van der Waals surface area contributed by atoms with Crippen LogP contribution in [0, 0.1) is 0 Å². The number of allylic oxidation sites excluding steroid dienone is 8. The number of carbonyl (C=O) groups is 2. The van der Waals surface area contributed by atoms with Gasteiger partial charge in [0, 0.05) is 12.8 Å². The first-order chi connectivity index (χ1) is 24.8. The quantitative estimate of drug-likeness (QED) is 0.0280. The van der Waals surface area contributed by atoms with Gasteiger partial charge in [0.1, 0.15) is 6.61 Å². The van der Waals surface area contributed by atoms with Crippen LogP contribution < -0.4 is 0 Å². The zero-order valence-corrected chi connectivity index (χ0v) is 33.4. The highest BCUT2D eigenvalue weighted by Gasteiger charge is 2.22. The van der Waals surface area contributed by atoms with E-state index in [1.54, 1.807) is 0 Å². The molecule has 51 heavy (non-hydrogen) atoms. The van der Waals surface area contributed by atoms with Gasteiger partial charge in [0.2, 0.25) is 0 Å². The highest BCUT2D eigenvalue weighted by atomic mass is 31.2. The summed E-state index contributed by atoms with van der Waals surface area (Å²) in [4.78, 5) is 42.8. The van der Waals surface area contributed by atoms with E-state index >= 15 is 0 Å². The van der Waals surface area contributed by atoms with Crippen LogP contribution in [0.2, 0.25) is 0 Å². The molecule has 0 saturated carbocycles. The zero-order chi connectivity index (χ0) is 37.5. The van der Waals surface area contributed by atoms with Crippen molar-refractivity contribution in [3.63, 3.8) is 0 Å². The molecule has 2 N–H and O–H groups in total. The van der Waals surface area contributed by atoms with Crippen LogP contribution in [0.25, 0.3) is 0 Å². The molecule has 0 unspecified atom stereocenters. The van der Waals surface area contributed by atoms with Crippen LogP contribution in [-0.2, 0) is 28.2 Å². The van der Waals surface area contributed by atoms with Gasteiger partial charge in [-0.1, -0.05) is 172 Å². The molecule has 0 aromatic rings. The molecule has 0 radical (unpaired) electrons. The molecule has 0 heterocycles. The van der Waals surface area contributed by atoms with E-state index in [0.29, 0.717) is 6.42 Å². The van der Waals surface area contributed by atoms with Crippen molar-refractivity contribution in [3.05, 3.63) is 48.6 Å². The van der Waals surface area contributed by atoms with Crippen molar-refractivity contribution in [1.29, 1.82) is 0 Å². The lowest BCUT2D eigenvalue weighted by Crippen LogP contribution is -2.29. The van der Waals surface area contributed by atoms with Gasteiger partial charge in [-0.2, -0.15) is 0 Å². The summed E-state index contributed by atoms with van der Waals surface area (Å²) in [6.07, 6.45) is 45.5. The molecule has 0 aliphatic heterocycles. The fourth-order valence-electron chi connectivity index (χ4n) is 5.60. The molecule has 0 bridgehead atoms. The lowest BCUT2D eigenvalue weighted by Gasteiger charge is -2.18. The zero-order valence-electron chi connectivity index (χ0n) is 32.5. The van der Waals surface area contributed by atoms with Gasteiger partial charge in [0.15, 0.2) is 6.10 Å². The molecular weight excluding hydrogens is 663 g/mol. The third-order valence-corrected chi connectivity index (χ3v) is 9.10. The van der Waals surface area contributed by atoms with E-state index in [9.17, 15) is 14.2 Å². The Morgan fingerprint density at radius 3 is 1.41 bits per heavy atom. The Labute approximate surface area is 312 Å². The van der Waals surface area contributed by atoms with Crippen molar-refractivity contribution in [2.75, 3.05) is 13.2 Å². The van der Waals surface area contributed by atoms with Crippen LogP contribution in [0.5, 0.6) is 0 Å². The topological polar surface area (TPSA) is 119 Å². The molecule has 0 spiro atoms. The van der Waals surface area contributed by atoms with Gasteiger partial charge in [-0.25, -0.2) is 4.57 Å². The van der Waals surface area contributed by atoms with Gasteiger partial charge < -0.3 is 19.3 Å². The van der Waals surface area contributed by atoms with Crippen LogP contribution in [0.15, 0.2) is 48.6 Å². The molecule has 0 rings (SSSR count). The first-order valence-electron chi connectivity index (χ1n) is 20.4. The number of hydrogen-bond acceptors (Lipinski definition) is 6. The Bertz CT molecular complexity index is 968. The van der Waals surface area contributed by atoms with Crippen molar-refractivity contribution >= 4 is 19.8 Å². The fourth-order valence-corrected chi connectivity index (χ4v) is 5.96. The molecular formula is C42H75O8P. The minimum Gasteiger partial charge on any atom is -0.462 e. The summed E-state index contributed by atoms with van der Waals surface area (Å²) in [6, 6.07) is 0. The van der Waals surface area contributed by atoms with E-state index < -0.39 is 32.5 Å². The number of phosphoric acid groups is 1. The number of unbranched alkanes of at least 4 members (excludes halogenated alkanes) is 19. The lowest BCUT2D eigenvalue weighted by atomic mass is 10.0. The van der Waals surface area contributed by atoms with Crippen molar-refractivity contribution in [2.45, 2.75) is 193 Å². The van der Waals surface area contributed by atoms with Crippen LogP contribution in [0.4, 0.5) is 0 Å². The summed E-state index contributed by atoms with van der Waals surface area (Å²) in [7, 11) is -4.76. The normalized spacial score (nSPS) is 12.9. The smallest absolute Gasteiger partial charge is 0.462 e. The first kappa shape index (κ1) is 49.0. The standard InChI is InChI=1S/C42H75O8P/c1-3-5-7-9-11-13-15-17-19-20-21-23-24-26-28-30-32-34-36-41(43)48-38-40(39-49-51(45,46)47)50-42(44)37-35-33-31-29-27-25-22-18-16-14-12-10-8-6-4-2/h6,8,12,14,18,22,27,29,40H,3-5,7,9-11,13,15-17,19-21,23-26,28,30-39H2,1-2H3,(H2,45,46,47)/b8-6-,14-12-,22-18-,29-27-/t40-/m1/s1. The highest BCUT2D eigenvalue weighted by molar-refractivity contribution is 7.46. The van der Waals surface area contributed by atoms with Crippen molar-refractivity contribution in [1.82, 2.24) is 0 Å². The van der Waals surface area contributed by atoms with E-state index in [1.165, 1.54) is 96.3 Å². The maximum Gasteiger partial charge on any atom is 0.469 e. The van der Waals surface area contributed by atoms with E-state index in [1.807, 2.05) is 0 Å². The predicted molar refractivity (Wildman–Crippen MR) is 211 cm³/mol. The van der Waals surface area contributed by atoms with Crippen molar-refractivity contribution < 1.29 is 37.9 Å². The van der Waals surface area contributed by atoms with E-state index in [0.717, 1.165) is 57.8 Å². The fraction of sp³-hybridized carbons (Fsp3) is 0.762. The second-order valence-corrected chi connectivity index (χ2v) is 14.8. The maximum absolute atomic E-state index is 12.4. The monoisotopic (exact) mass is 739 g/mol. The first-order valence-corrected chi connectivity index (χ1v) is 22.0. The van der Waals surface area contributed by atoms with Gasteiger partial charge in [-0.3, -0.25) is 14.1 Å². The number of phosphoric ester groups is 1. The predicted octanol–water partition coefficient (Wildman–Crippen LogP) is 12.3. The second-order valence-electron chi connectivity index (χ2n) is 13.6. The van der Waals surface area contributed by atoms with Crippen LogP contribution in [0.3, 0.4) is 0 Å². The number of carbonyl (C=O) groups excluding carboxylic acids is 2. The molecule has 0 aliphatic carbocycles. The van der Waals surface area contributed by atoms with Gasteiger partial charge >= 0.3 is 19.8 Å². The molecule has 0 aromatic carbocycles. The summed E-state index contributed by atoms with van der Waals surface area (Å²) >= 11 is 0. The maximum atomic E-state index is 12.4. The molecule has 0 fully saturated rings. The summed E-state index contributed by atoms with van der Waals surface area (Å²) in [5.41, 5.74) is 0. The van der Waals surface area contributed by atoms with Gasteiger partial charge in [-0.15, -0.1) is 0 Å². The summed E-state index contributed by atoms with van der Waals surface area (Å²) in [5, 5.41) is 0. The number of esters is 2. The minimum atomic E-state index is -4.76. The van der Waals surface area contributed by atoms with Crippen molar-refractivity contribution in [2.24, 2.45) is 0 Å². The van der Waals surface area contributed by atoms with Crippen LogP contribution in [-0.4, -0.2) is 41.0 Å². The van der Waals surface area contributed by atoms with Gasteiger partial charge in [0.05, 0.1) is 6.61 Å². The molecule has 9 heteroatoms. The third-order valence-electron chi connectivity index (χ3n) is 8.61. The summed E-state index contributed by atoms with van der Waals surface area (Å²) in [5.74, 6) is -0.930. The SMILES string of the molecule is CC/C=C\C/C=C\C/C=C\C/C=C\CCCCC(=O)O[C@H](COC(=O)CCCCCCCCCCCCCCCCCCCC)COP(=O)(O)O. The largest absolute Gasteiger partial charge is 0.469 e. The summed E-state index contributed by atoms with van der Waals surface area (Å²) < 4.78 is 26.3. The Hall–Kier alpha value is -1.99. The average molecular weight is 739 g/mol. The number of ether oxygens (including phenoxy) is 2. The van der Waals surface area contributed by atoms with E-state index in [-0.39, 0.29) is 19.4 Å². The second kappa shape index (κ2) is 37.8. The molecule has 296 valence electrons. The van der Waals surface area contributed by atoms with Crippen LogP contribution in [0.1, 0.15) is 187 Å². The Kier molecular flexibility index (Phi) is 36.3. The summed E-state index contributed by atoms with van der Waals surface area (Å²) in [6.45, 7) is 3.54. The Morgan fingerprint density at radius 2 is 0.941 bits per heavy atom. The Morgan fingerprint density at radius 1 is 0.529 bits per heavy atom. The average Bonchev–Trinajstić information content (AvgIpc) is 3.10. The van der Waals surface area contributed by atoms with Crippen LogP contribution >= 0.6 is 7.82 Å². The molecule has 0 aromatic heterocycles. The minimum absolute atomic E-state index is 0.160.